The number of fused-ring (bicyclic) bond motifs is 4. The van der Waals surface area contributed by atoms with Crippen LogP contribution in [0.5, 0.6) is 0 Å². The van der Waals surface area contributed by atoms with Crippen LogP contribution in [0.2, 0.25) is 0 Å². The standard InChI is InChI=1S/C46H32/c1-3-11-37-29-39(27-21-31(37)9-1)33-17-23-35(24-18-33)45-41-13-5-7-15-43(41)46(44-16-8-6-14-42(44)45)36-25-19-34(20-26-36)40-28-22-32-10-2-4-12-38(32)30-40/h1-27,29-30,40H,28H2. The van der Waals surface area contributed by atoms with Crippen LogP contribution in [0.15, 0.2) is 164 Å². The Morgan fingerprint density at radius 3 is 1.48 bits per heavy atom. The van der Waals surface area contributed by atoms with Crippen LogP contribution < -0.4 is 10.4 Å². The zero-order chi connectivity index (χ0) is 30.5. The monoisotopic (exact) mass is 584 g/mol. The van der Waals surface area contributed by atoms with E-state index in [0.717, 1.165) is 6.42 Å². The summed E-state index contributed by atoms with van der Waals surface area (Å²) in [7, 11) is 0. The van der Waals surface area contributed by atoms with Gasteiger partial charge in [-0.2, -0.15) is 0 Å². The average Bonchev–Trinajstić information content (AvgIpc) is 3.13. The molecule has 1 unspecified atom stereocenters. The molecule has 0 fully saturated rings. The highest BCUT2D eigenvalue weighted by molar-refractivity contribution is 6.21. The van der Waals surface area contributed by atoms with Crippen molar-refractivity contribution in [3.8, 4) is 33.4 Å². The van der Waals surface area contributed by atoms with E-state index < -0.39 is 0 Å². The normalized spacial score (nSPS) is 14.1. The van der Waals surface area contributed by atoms with Crippen molar-refractivity contribution < 1.29 is 0 Å². The molecule has 0 saturated heterocycles. The molecule has 0 aromatic heterocycles. The Morgan fingerprint density at radius 1 is 0.370 bits per heavy atom. The van der Waals surface area contributed by atoms with Gasteiger partial charge in [0.15, 0.2) is 0 Å². The van der Waals surface area contributed by atoms with Gasteiger partial charge in [0.1, 0.15) is 0 Å². The van der Waals surface area contributed by atoms with Crippen molar-refractivity contribution in [3.05, 3.63) is 180 Å². The summed E-state index contributed by atoms with van der Waals surface area (Å²) in [6, 6.07) is 60.3. The fourth-order valence-electron chi connectivity index (χ4n) is 7.47. The lowest BCUT2D eigenvalue weighted by molar-refractivity contribution is 0.921. The van der Waals surface area contributed by atoms with Gasteiger partial charge < -0.3 is 0 Å². The third-order valence-electron chi connectivity index (χ3n) is 9.78. The SMILES string of the molecule is C1=c2ccccc2=CC(c2ccc(-c3c4ccccc4c(-c4ccc(-c5ccc6ccccc6c5)cc4)c4ccccc34)cc2)C1. The molecule has 8 aromatic rings. The Balaban J connectivity index is 1.15. The maximum Gasteiger partial charge on any atom is 0.00620 e. The van der Waals surface area contributed by atoms with Gasteiger partial charge in [0.25, 0.3) is 0 Å². The third-order valence-corrected chi connectivity index (χ3v) is 9.78. The first-order valence-electron chi connectivity index (χ1n) is 16.2. The zero-order valence-corrected chi connectivity index (χ0v) is 25.5. The molecule has 0 heteroatoms. The predicted molar refractivity (Wildman–Crippen MR) is 197 cm³/mol. The Hall–Kier alpha value is -5.72. The number of benzene rings is 8. The molecule has 216 valence electrons. The molecule has 46 heavy (non-hydrogen) atoms. The van der Waals surface area contributed by atoms with Crippen LogP contribution in [-0.2, 0) is 0 Å². The van der Waals surface area contributed by atoms with Gasteiger partial charge in [-0.3, -0.25) is 0 Å². The molecule has 0 radical (unpaired) electrons. The second kappa shape index (κ2) is 11.0. The predicted octanol–water partition coefficient (Wildman–Crippen LogP) is 10.9. The van der Waals surface area contributed by atoms with Crippen molar-refractivity contribution in [1.29, 1.82) is 0 Å². The van der Waals surface area contributed by atoms with Crippen molar-refractivity contribution in [2.24, 2.45) is 0 Å². The first kappa shape index (κ1) is 26.7. The molecule has 0 aliphatic heterocycles. The minimum atomic E-state index is 0.400. The molecular formula is C46H32. The number of hydrogen-bond donors (Lipinski definition) is 0. The van der Waals surface area contributed by atoms with Crippen molar-refractivity contribution >= 4 is 44.5 Å². The smallest absolute Gasteiger partial charge is 0.00620 e. The van der Waals surface area contributed by atoms with E-state index in [1.54, 1.807) is 0 Å². The number of hydrogen-bond acceptors (Lipinski definition) is 0. The van der Waals surface area contributed by atoms with E-state index in [2.05, 4.69) is 176 Å². The summed E-state index contributed by atoms with van der Waals surface area (Å²) in [5.74, 6) is 0.400. The van der Waals surface area contributed by atoms with Gasteiger partial charge in [-0.25, -0.2) is 0 Å². The summed E-state index contributed by atoms with van der Waals surface area (Å²) >= 11 is 0. The molecule has 0 bridgehead atoms. The van der Waals surface area contributed by atoms with Gasteiger partial charge >= 0.3 is 0 Å². The summed E-state index contributed by atoms with van der Waals surface area (Å²) in [6.07, 6.45) is 5.84. The molecule has 0 heterocycles. The van der Waals surface area contributed by atoms with Gasteiger partial charge in [0, 0.05) is 5.92 Å². The van der Waals surface area contributed by atoms with Crippen LogP contribution in [0.4, 0.5) is 0 Å². The minimum Gasteiger partial charge on any atom is -0.0758 e. The van der Waals surface area contributed by atoms with Gasteiger partial charge in [0.05, 0.1) is 0 Å². The topological polar surface area (TPSA) is 0 Å². The first-order chi connectivity index (χ1) is 22.8. The second-order valence-electron chi connectivity index (χ2n) is 12.4. The molecule has 8 aromatic carbocycles. The molecule has 0 spiro atoms. The Morgan fingerprint density at radius 2 is 0.848 bits per heavy atom. The number of rotatable bonds is 4. The minimum absolute atomic E-state index is 0.400. The fraction of sp³-hybridized carbons (Fsp3) is 0.0435. The summed E-state index contributed by atoms with van der Waals surface area (Å²) in [5.41, 5.74) is 8.94. The average molecular weight is 585 g/mol. The molecule has 1 atom stereocenters. The second-order valence-corrected chi connectivity index (χ2v) is 12.4. The van der Waals surface area contributed by atoms with E-state index in [9.17, 15) is 0 Å². The Kier molecular flexibility index (Phi) is 6.39. The summed E-state index contributed by atoms with van der Waals surface area (Å²) in [4.78, 5) is 0. The Bertz CT molecular complexity index is 2480. The zero-order valence-electron chi connectivity index (χ0n) is 25.5. The van der Waals surface area contributed by atoms with E-state index in [0.29, 0.717) is 5.92 Å². The van der Waals surface area contributed by atoms with Crippen LogP contribution in [0, 0.1) is 0 Å². The van der Waals surface area contributed by atoms with E-state index in [1.165, 1.54) is 81.7 Å². The van der Waals surface area contributed by atoms with Crippen LogP contribution in [0.3, 0.4) is 0 Å². The first-order valence-corrected chi connectivity index (χ1v) is 16.2. The quantitative estimate of drug-likeness (QED) is 0.181. The highest BCUT2D eigenvalue weighted by Gasteiger charge is 2.17. The van der Waals surface area contributed by atoms with Crippen molar-refractivity contribution in [2.75, 3.05) is 0 Å². The fourth-order valence-corrected chi connectivity index (χ4v) is 7.47. The lowest BCUT2D eigenvalue weighted by Gasteiger charge is -2.19. The lowest BCUT2D eigenvalue weighted by Crippen LogP contribution is -2.27. The summed E-state index contributed by atoms with van der Waals surface area (Å²) in [5, 5.41) is 10.4. The molecule has 0 N–H and O–H groups in total. The van der Waals surface area contributed by atoms with Gasteiger partial charge in [-0.15, -0.1) is 0 Å². The largest absolute Gasteiger partial charge is 0.0758 e. The van der Waals surface area contributed by atoms with Gasteiger partial charge in [-0.05, 0) is 94.2 Å². The Labute approximate surface area is 269 Å². The van der Waals surface area contributed by atoms with Gasteiger partial charge in [-0.1, -0.05) is 170 Å². The van der Waals surface area contributed by atoms with Crippen molar-refractivity contribution in [2.45, 2.75) is 12.3 Å². The molecule has 0 nitrogen and oxygen atoms in total. The van der Waals surface area contributed by atoms with E-state index in [-0.39, 0.29) is 0 Å². The summed E-state index contributed by atoms with van der Waals surface area (Å²) < 4.78 is 0. The molecule has 1 aliphatic rings. The van der Waals surface area contributed by atoms with Crippen LogP contribution in [-0.4, -0.2) is 0 Å². The van der Waals surface area contributed by atoms with E-state index >= 15 is 0 Å². The lowest BCUT2D eigenvalue weighted by atomic mass is 9.84. The summed E-state index contributed by atoms with van der Waals surface area (Å²) in [6.45, 7) is 0. The van der Waals surface area contributed by atoms with Crippen LogP contribution in [0.1, 0.15) is 17.9 Å². The van der Waals surface area contributed by atoms with Crippen LogP contribution in [0.25, 0.3) is 77.9 Å². The third kappa shape index (κ3) is 4.54. The maximum absolute atomic E-state index is 2.43. The molecular weight excluding hydrogens is 553 g/mol. The molecule has 0 amide bonds. The highest BCUT2D eigenvalue weighted by atomic mass is 14.2. The van der Waals surface area contributed by atoms with E-state index in [4.69, 9.17) is 0 Å². The van der Waals surface area contributed by atoms with Crippen molar-refractivity contribution in [1.82, 2.24) is 0 Å². The molecule has 9 rings (SSSR count). The maximum atomic E-state index is 2.43. The van der Waals surface area contributed by atoms with Crippen LogP contribution >= 0.6 is 0 Å². The molecule has 0 saturated carbocycles. The van der Waals surface area contributed by atoms with Crippen molar-refractivity contribution in [3.63, 3.8) is 0 Å². The van der Waals surface area contributed by atoms with Gasteiger partial charge in [0.2, 0.25) is 0 Å². The highest BCUT2D eigenvalue weighted by Crippen LogP contribution is 2.44. The van der Waals surface area contributed by atoms with E-state index in [1.807, 2.05) is 0 Å². The molecule has 1 aliphatic carbocycles.